The predicted molar refractivity (Wildman–Crippen MR) is 117 cm³/mol. The first-order valence-electron chi connectivity index (χ1n) is 9.87. The summed E-state index contributed by atoms with van der Waals surface area (Å²) >= 11 is 0. The average Bonchev–Trinajstić information content (AvgIpc) is 2.71. The smallest absolute Gasteiger partial charge is 0.249 e. The predicted octanol–water partition coefficient (Wildman–Crippen LogP) is 3.57. The van der Waals surface area contributed by atoms with E-state index in [0.717, 1.165) is 0 Å². The van der Waals surface area contributed by atoms with Gasteiger partial charge in [-0.15, -0.1) is 0 Å². The molecular weight excluding hydrogens is 380 g/mol. The van der Waals surface area contributed by atoms with Crippen LogP contribution in [0.1, 0.15) is 65.1 Å². The Morgan fingerprint density at radius 3 is 1.83 bits per heavy atom. The van der Waals surface area contributed by atoms with Gasteiger partial charge >= 0.3 is 0 Å². The highest BCUT2D eigenvalue weighted by molar-refractivity contribution is 6.32. The number of anilines is 3. The van der Waals surface area contributed by atoms with Gasteiger partial charge in [-0.05, 0) is 39.3 Å². The Hall–Kier alpha value is -3.54. The minimum absolute atomic E-state index is 0.195. The van der Waals surface area contributed by atoms with Gasteiger partial charge in [0.1, 0.15) is 0 Å². The fourth-order valence-electron chi connectivity index (χ4n) is 3.88. The van der Waals surface area contributed by atoms with Crippen molar-refractivity contribution >= 4 is 28.6 Å². The summed E-state index contributed by atoms with van der Waals surface area (Å²) in [5, 5.41) is 6.27. The maximum absolute atomic E-state index is 13.4. The standard InChI is InChI=1S/C24H22N2O4/c1-5-12-19(23(30)22(12)29)25-15-10-11-16(26-24(2,3)4)18-17(15)20(27)13-8-6-7-9-14(13)21(18)28/h6-11,25-26H,5H2,1-4H3. The molecule has 6 nitrogen and oxygen atoms in total. The van der Waals surface area contributed by atoms with E-state index < -0.39 is 10.9 Å². The number of carbonyl (C=O) groups is 2. The zero-order valence-electron chi connectivity index (χ0n) is 17.3. The van der Waals surface area contributed by atoms with Crippen LogP contribution in [0.4, 0.5) is 17.1 Å². The normalized spacial score (nSPS) is 13.2. The molecule has 0 bridgehead atoms. The summed E-state index contributed by atoms with van der Waals surface area (Å²) in [4.78, 5) is 50.6. The van der Waals surface area contributed by atoms with Crippen molar-refractivity contribution in [2.75, 3.05) is 10.6 Å². The second-order valence-electron chi connectivity index (χ2n) is 8.48. The summed E-state index contributed by atoms with van der Waals surface area (Å²) in [5.41, 5.74) is 1.21. The quantitative estimate of drug-likeness (QED) is 0.507. The molecule has 3 aromatic rings. The maximum Gasteiger partial charge on any atom is 0.249 e. The maximum atomic E-state index is 13.4. The van der Waals surface area contributed by atoms with E-state index in [1.165, 1.54) is 0 Å². The summed E-state index contributed by atoms with van der Waals surface area (Å²) in [6.07, 6.45) is 0.411. The van der Waals surface area contributed by atoms with Gasteiger partial charge in [0.15, 0.2) is 11.6 Å². The highest BCUT2D eigenvalue weighted by Gasteiger charge is 2.35. The number of hydrogen-bond donors (Lipinski definition) is 2. The molecule has 1 aliphatic carbocycles. The van der Waals surface area contributed by atoms with Crippen LogP contribution < -0.4 is 21.5 Å². The Morgan fingerprint density at radius 1 is 0.767 bits per heavy atom. The monoisotopic (exact) mass is 402 g/mol. The molecule has 6 heteroatoms. The summed E-state index contributed by atoms with van der Waals surface area (Å²) in [5.74, 6) is -0.548. The Labute approximate surface area is 173 Å². The Bertz CT molecular complexity index is 1290. The van der Waals surface area contributed by atoms with Crippen molar-refractivity contribution in [2.24, 2.45) is 0 Å². The molecule has 0 atom stereocenters. The summed E-state index contributed by atoms with van der Waals surface area (Å²) in [7, 11) is 0. The van der Waals surface area contributed by atoms with Crippen LogP contribution in [0.2, 0.25) is 0 Å². The molecule has 30 heavy (non-hydrogen) atoms. The summed E-state index contributed by atoms with van der Waals surface area (Å²) < 4.78 is 0. The van der Waals surface area contributed by atoms with Crippen molar-refractivity contribution in [1.82, 2.24) is 0 Å². The minimum Gasteiger partial charge on any atom is -0.380 e. The summed E-state index contributed by atoms with van der Waals surface area (Å²) in [6.45, 7) is 7.68. The molecule has 0 fully saturated rings. The average molecular weight is 402 g/mol. The number of ketones is 2. The molecule has 0 aromatic heterocycles. The van der Waals surface area contributed by atoms with E-state index in [1.807, 2.05) is 20.8 Å². The third kappa shape index (κ3) is 2.96. The number of carbonyl (C=O) groups excluding carboxylic acids is 2. The highest BCUT2D eigenvalue weighted by atomic mass is 16.2. The van der Waals surface area contributed by atoms with Gasteiger partial charge < -0.3 is 10.6 Å². The number of fused-ring (bicyclic) bond motifs is 2. The fraction of sp³-hybridized carbons (Fsp3) is 0.250. The summed E-state index contributed by atoms with van der Waals surface area (Å²) in [6, 6.07) is 10.1. The van der Waals surface area contributed by atoms with Gasteiger partial charge in [0.25, 0.3) is 0 Å². The molecular formula is C24H22N2O4. The minimum atomic E-state index is -0.604. The van der Waals surface area contributed by atoms with E-state index >= 15 is 0 Å². The van der Waals surface area contributed by atoms with Crippen molar-refractivity contribution < 1.29 is 9.59 Å². The van der Waals surface area contributed by atoms with Crippen LogP contribution in [0.5, 0.6) is 0 Å². The second-order valence-corrected chi connectivity index (χ2v) is 8.48. The molecule has 0 saturated heterocycles. The van der Waals surface area contributed by atoms with Crippen molar-refractivity contribution in [3.8, 4) is 0 Å². The van der Waals surface area contributed by atoms with Crippen molar-refractivity contribution in [2.45, 2.75) is 39.7 Å². The lowest BCUT2D eigenvalue weighted by molar-refractivity contribution is 0.0980. The van der Waals surface area contributed by atoms with Crippen molar-refractivity contribution in [3.63, 3.8) is 0 Å². The molecule has 1 aliphatic rings. The molecule has 2 N–H and O–H groups in total. The van der Waals surface area contributed by atoms with Gasteiger partial charge in [-0.1, -0.05) is 31.2 Å². The first-order chi connectivity index (χ1) is 14.1. The van der Waals surface area contributed by atoms with E-state index in [4.69, 9.17) is 0 Å². The lowest BCUT2D eigenvalue weighted by Gasteiger charge is -2.28. The molecule has 0 heterocycles. The number of benzene rings is 2. The van der Waals surface area contributed by atoms with E-state index in [0.29, 0.717) is 34.5 Å². The van der Waals surface area contributed by atoms with E-state index in [2.05, 4.69) is 10.6 Å². The van der Waals surface area contributed by atoms with Crippen molar-refractivity contribution in [1.29, 1.82) is 0 Å². The van der Waals surface area contributed by atoms with Crippen LogP contribution in [-0.2, 0) is 6.42 Å². The topological polar surface area (TPSA) is 92.3 Å². The van der Waals surface area contributed by atoms with E-state index in [-0.39, 0.29) is 33.9 Å². The molecule has 0 radical (unpaired) electrons. The molecule has 0 amide bonds. The van der Waals surface area contributed by atoms with Gasteiger partial charge in [-0.25, -0.2) is 0 Å². The second kappa shape index (κ2) is 6.76. The molecule has 0 saturated carbocycles. The molecule has 4 rings (SSSR count). The molecule has 152 valence electrons. The van der Waals surface area contributed by atoms with Gasteiger partial charge in [-0.3, -0.25) is 19.2 Å². The highest BCUT2D eigenvalue weighted by Crippen LogP contribution is 2.38. The Morgan fingerprint density at radius 2 is 1.30 bits per heavy atom. The molecule has 0 unspecified atom stereocenters. The fourth-order valence-corrected chi connectivity index (χ4v) is 3.88. The van der Waals surface area contributed by atoms with Crippen LogP contribution in [0, 0.1) is 0 Å². The van der Waals surface area contributed by atoms with E-state index in [1.54, 1.807) is 43.3 Å². The van der Waals surface area contributed by atoms with Crippen LogP contribution in [0.3, 0.4) is 0 Å². The van der Waals surface area contributed by atoms with Gasteiger partial charge in [0.05, 0.1) is 22.5 Å². The molecule has 0 aliphatic heterocycles. The molecule has 3 aromatic carbocycles. The van der Waals surface area contributed by atoms with Crippen LogP contribution >= 0.6 is 0 Å². The largest absolute Gasteiger partial charge is 0.380 e. The van der Waals surface area contributed by atoms with Crippen molar-refractivity contribution in [3.05, 3.63) is 84.7 Å². The first-order valence-corrected chi connectivity index (χ1v) is 9.87. The molecule has 0 spiro atoms. The number of hydrogen-bond acceptors (Lipinski definition) is 6. The van der Waals surface area contributed by atoms with Crippen LogP contribution in [0.15, 0.2) is 46.0 Å². The first kappa shape index (κ1) is 19.8. The number of nitrogens with one attached hydrogen (secondary N) is 2. The SMILES string of the molecule is CCc1c(Nc2ccc(NC(C)(C)C)c3c2C(=O)c2ccccc2C3=O)c(=O)c1=O. The van der Waals surface area contributed by atoms with E-state index in [9.17, 15) is 19.2 Å². The zero-order valence-corrected chi connectivity index (χ0v) is 17.3. The van der Waals surface area contributed by atoms with Crippen LogP contribution in [-0.4, -0.2) is 17.1 Å². The Balaban J connectivity index is 1.93. The number of rotatable bonds is 4. The van der Waals surface area contributed by atoms with Crippen LogP contribution in [0.25, 0.3) is 0 Å². The lowest BCUT2D eigenvalue weighted by atomic mass is 9.82. The van der Waals surface area contributed by atoms with Gasteiger partial charge in [-0.2, -0.15) is 0 Å². The van der Waals surface area contributed by atoms with Gasteiger partial charge in [0, 0.05) is 27.9 Å². The third-order valence-electron chi connectivity index (χ3n) is 5.21. The zero-order chi connectivity index (χ0) is 21.8. The third-order valence-corrected chi connectivity index (χ3v) is 5.21. The van der Waals surface area contributed by atoms with Gasteiger partial charge in [0.2, 0.25) is 10.9 Å². The Kier molecular flexibility index (Phi) is 4.45. The lowest BCUT2D eigenvalue weighted by Crippen LogP contribution is -2.38.